The third-order valence-corrected chi connectivity index (χ3v) is 4.92. The Hall–Kier alpha value is -3.37. The lowest BCUT2D eigenvalue weighted by Crippen LogP contribution is -2.36. The molecule has 3 rings (SSSR count). The second-order valence-electron chi connectivity index (χ2n) is 6.20. The van der Waals surface area contributed by atoms with Crippen LogP contribution in [0.15, 0.2) is 46.2 Å². The molecule has 0 fully saturated rings. The number of rotatable bonds is 6. The lowest BCUT2D eigenvalue weighted by molar-refractivity contribution is -0.132. The van der Waals surface area contributed by atoms with E-state index in [2.05, 4.69) is 16.2 Å². The first-order chi connectivity index (χ1) is 13.5. The van der Waals surface area contributed by atoms with Crippen LogP contribution >= 0.6 is 11.3 Å². The molecule has 0 atom stereocenters. The van der Waals surface area contributed by atoms with Gasteiger partial charge in [0.05, 0.1) is 23.5 Å². The Labute approximate surface area is 167 Å². The third kappa shape index (κ3) is 4.67. The lowest BCUT2D eigenvalue weighted by Gasteiger charge is -2.16. The number of hydrogen-bond acceptors (Lipinski definition) is 5. The van der Waals surface area contributed by atoms with Crippen LogP contribution in [0.4, 0.5) is 5.69 Å². The number of oxazole rings is 1. The van der Waals surface area contributed by atoms with Gasteiger partial charge < -0.3 is 14.6 Å². The predicted molar refractivity (Wildman–Crippen MR) is 109 cm³/mol. The number of hydrogen-bond donors (Lipinski definition) is 1. The van der Waals surface area contributed by atoms with Gasteiger partial charge in [-0.3, -0.25) is 9.59 Å². The van der Waals surface area contributed by atoms with Gasteiger partial charge in [0.15, 0.2) is 0 Å². The van der Waals surface area contributed by atoms with E-state index in [0.717, 1.165) is 4.88 Å². The van der Waals surface area contributed by atoms with Gasteiger partial charge in [-0.2, -0.15) is 0 Å². The average Bonchev–Trinajstić information content (AvgIpc) is 3.32. The molecule has 2 heterocycles. The number of carbonyl (C=O) groups excluding carboxylic acids is 2. The molecular formula is C21H19N3O3S. The molecule has 1 N–H and O–H groups in total. The maximum atomic E-state index is 12.5. The largest absolute Gasteiger partial charge is 0.440 e. The van der Waals surface area contributed by atoms with Crippen molar-refractivity contribution in [3.8, 4) is 23.1 Å². The van der Waals surface area contributed by atoms with E-state index in [1.807, 2.05) is 17.5 Å². The molecule has 0 saturated heterocycles. The molecule has 0 saturated carbocycles. The van der Waals surface area contributed by atoms with Gasteiger partial charge in [-0.25, -0.2) is 4.98 Å². The van der Waals surface area contributed by atoms with Crippen LogP contribution in [-0.4, -0.2) is 35.3 Å². The van der Waals surface area contributed by atoms with Crippen LogP contribution in [0.5, 0.6) is 0 Å². The summed E-state index contributed by atoms with van der Waals surface area (Å²) >= 11 is 1.52. The van der Waals surface area contributed by atoms with Gasteiger partial charge in [-0.1, -0.05) is 18.1 Å². The van der Waals surface area contributed by atoms with Gasteiger partial charge in [0.1, 0.15) is 5.76 Å². The number of thiophene rings is 1. The molecule has 2 aromatic heterocycles. The number of carbonyl (C=O) groups is 2. The average molecular weight is 393 g/mol. The van der Waals surface area contributed by atoms with Crippen molar-refractivity contribution in [3.05, 3.63) is 58.8 Å². The summed E-state index contributed by atoms with van der Waals surface area (Å²) in [4.78, 5) is 31.4. The minimum atomic E-state index is -0.304. The molecule has 0 aliphatic carbocycles. The predicted octanol–water partition coefficient (Wildman–Crippen LogP) is 3.33. The van der Waals surface area contributed by atoms with Crippen molar-refractivity contribution in [2.75, 3.05) is 18.9 Å². The van der Waals surface area contributed by atoms with E-state index in [1.54, 1.807) is 38.2 Å². The summed E-state index contributed by atoms with van der Waals surface area (Å²) in [5.41, 5.74) is 1.84. The minimum Gasteiger partial charge on any atom is -0.440 e. The van der Waals surface area contributed by atoms with Crippen LogP contribution in [0.25, 0.3) is 10.8 Å². The molecule has 0 unspecified atom stereocenters. The normalized spacial score (nSPS) is 10.3. The molecule has 0 spiro atoms. The molecule has 0 aliphatic heterocycles. The maximum Gasteiger partial charge on any atom is 0.243 e. The van der Waals surface area contributed by atoms with Crippen LogP contribution in [-0.2, 0) is 16.0 Å². The summed E-state index contributed by atoms with van der Waals surface area (Å²) in [6.07, 6.45) is 5.43. The number of nitrogens with zero attached hydrogens (tertiary/aromatic N) is 2. The van der Waals surface area contributed by atoms with Gasteiger partial charge in [0.25, 0.3) is 0 Å². The molecule has 6 nitrogen and oxygen atoms in total. The molecule has 0 radical (unpaired) electrons. The SMILES string of the molecule is C#Cc1cccc(NC(=O)CN(C)C(=O)Cc2nc(-c3cccs3)oc2C)c1. The summed E-state index contributed by atoms with van der Waals surface area (Å²) in [6.45, 7) is 1.70. The highest BCUT2D eigenvalue weighted by Gasteiger charge is 2.19. The Kier molecular flexibility index (Phi) is 5.92. The smallest absolute Gasteiger partial charge is 0.243 e. The van der Waals surface area contributed by atoms with E-state index in [1.165, 1.54) is 16.2 Å². The second-order valence-corrected chi connectivity index (χ2v) is 7.15. The number of likely N-dealkylation sites (N-methyl/N-ethyl adjacent to an activating group) is 1. The number of amides is 2. The maximum absolute atomic E-state index is 12.5. The summed E-state index contributed by atoms with van der Waals surface area (Å²) in [6, 6.07) is 10.8. The van der Waals surface area contributed by atoms with Crippen molar-refractivity contribution in [3.63, 3.8) is 0 Å². The van der Waals surface area contributed by atoms with Crippen LogP contribution in [0.3, 0.4) is 0 Å². The van der Waals surface area contributed by atoms with E-state index in [4.69, 9.17) is 10.8 Å². The van der Waals surface area contributed by atoms with Gasteiger partial charge >= 0.3 is 0 Å². The van der Waals surface area contributed by atoms with Crippen molar-refractivity contribution >= 4 is 28.8 Å². The monoisotopic (exact) mass is 393 g/mol. The fourth-order valence-corrected chi connectivity index (χ4v) is 3.22. The van der Waals surface area contributed by atoms with Gasteiger partial charge in [-0.05, 0) is 36.6 Å². The zero-order valence-electron chi connectivity index (χ0n) is 15.6. The number of terminal acetylenes is 1. The Morgan fingerprint density at radius 2 is 2.14 bits per heavy atom. The minimum absolute atomic E-state index is 0.0665. The van der Waals surface area contributed by atoms with Crippen LogP contribution < -0.4 is 5.32 Å². The first kappa shape index (κ1) is 19.4. The first-order valence-corrected chi connectivity index (χ1v) is 9.45. The molecule has 3 aromatic rings. The second kappa shape index (κ2) is 8.55. The number of nitrogens with one attached hydrogen (secondary N) is 1. The van der Waals surface area contributed by atoms with E-state index in [9.17, 15) is 9.59 Å². The fraction of sp³-hybridized carbons (Fsp3) is 0.190. The molecule has 1 aromatic carbocycles. The highest BCUT2D eigenvalue weighted by atomic mass is 32.1. The summed E-state index contributed by atoms with van der Waals surface area (Å²) < 4.78 is 5.65. The summed E-state index contributed by atoms with van der Waals surface area (Å²) in [5.74, 6) is 3.09. The standard InChI is InChI=1S/C21H19N3O3S/c1-4-15-7-5-8-16(11-15)22-19(25)13-24(3)20(26)12-17-14(2)27-21(23-17)18-9-6-10-28-18/h1,5-11H,12-13H2,2-3H3,(H,22,25). The van der Waals surface area contributed by atoms with E-state index >= 15 is 0 Å². The van der Waals surface area contributed by atoms with Crippen LogP contribution in [0.1, 0.15) is 17.0 Å². The highest BCUT2D eigenvalue weighted by Crippen LogP contribution is 2.26. The number of aryl methyl sites for hydroxylation is 1. The number of benzene rings is 1. The molecule has 0 bridgehead atoms. The van der Waals surface area contributed by atoms with Crippen LogP contribution in [0, 0.1) is 19.3 Å². The van der Waals surface area contributed by atoms with Crippen molar-refractivity contribution in [1.29, 1.82) is 0 Å². The van der Waals surface area contributed by atoms with Crippen molar-refractivity contribution < 1.29 is 14.0 Å². The molecule has 0 aliphatic rings. The van der Waals surface area contributed by atoms with Gasteiger partial charge in [-0.15, -0.1) is 17.8 Å². The number of aromatic nitrogens is 1. The fourth-order valence-electron chi connectivity index (χ4n) is 2.57. The zero-order chi connectivity index (χ0) is 20.1. The Bertz CT molecular complexity index is 1030. The van der Waals surface area contributed by atoms with Crippen molar-refractivity contribution in [1.82, 2.24) is 9.88 Å². The zero-order valence-corrected chi connectivity index (χ0v) is 16.4. The Balaban J connectivity index is 1.58. The Morgan fingerprint density at radius 3 is 2.86 bits per heavy atom. The summed E-state index contributed by atoms with van der Waals surface area (Å²) in [7, 11) is 1.58. The van der Waals surface area contributed by atoms with Crippen molar-refractivity contribution in [2.45, 2.75) is 13.3 Å². The van der Waals surface area contributed by atoms with E-state index in [0.29, 0.717) is 28.6 Å². The quantitative estimate of drug-likeness (QED) is 0.652. The number of anilines is 1. The van der Waals surface area contributed by atoms with E-state index in [-0.39, 0.29) is 24.8 Å². The van der Waals surface area contributed by atoms with Gasteiger partial charge in [0, 0.05) is 18.3 Å². The third-order valence-electron chi connectivity index (χ3n) is 4.06. The topological polar surface area (TPSA) is 75.4 Å². The first-order valence-electron chi connectivity index (χ1n) is 8.57. The van der Waals surface area contributed by atoms with Crippen LogP contribution in [0.2, 0.25) is 0 Å². The molecule has 2 amide bonds. The lowest BCUT2D eigenvalue weighted by atomic mass is 10.2. The van der Waals surface area contributed by atoms with Gasteiger partial charge in [0.2, 0.25) is 17.7 Å². The molecular weight excluding hydrogens is 374 g/mol. The Morgan fingerprint density at radius 1 is 1.32 bits per heavy atom. The molecule has 7 heteroatoms. The highest BCUT2D eigenvalue weighted by molar-refractivity contribution is 7.13. The van der Waals surface area contributed by atoms with Crippen molar-refractivity contribution in [2.24, 2.45) is 0 Å². The summed E-state index contributed by atoms with van der Waals surface area (Å²) in [5, 5.41) is 4.68. The molecule has 142 valence electrons. The molecule has 28 heavy (non-hydrogen) atoms. The van der Waals surface area contributed by atoms with E-state index < -0.39 is 0 Å².